The normalized spacial score (nSPS) is 8.77. The average Bonchev–Trinajstić information content (AvgIpc) is 2.08. The molecule has 0 atom stereocenters. The molecule has 0 spiro atoms. The summed E-state index contributed by atoms with van der Waals surface area (Å²) in [5.74, 6) is -0.603. The number of rotatable bonds is 2. The van der Waals surface area contributed by atoms with Gasteiger partial charge in [-0.2, -0.15) is 0 Å². The van der Waals surface area contributed by atoms with Gasteiger partial charge in [-0.15, -0.1) is 0 Å². The van der Waals surface area contributed by atoms with Crippen LogP contribution in [0.1, 0.15) is 10.4 Å². The van der Waals surface area contributed by atoms with Gasteiger partial charge in [0, 0.05) is 5.56 Å². The van der Waals surface area contributed by atoms with E-state index in [-0.39, 0.29) is 46.4 Å². The number of carbonyl (C=O) groups excluding carboxylic acids is 2. The third-order valence-corrected chi connectivity index (χ3v) is 2.05. The van der Waals surface area contributed by atoms with Crippen molar-refractivity contribution >= 4 is 64.8 Å². The first-order valence-electron chi connectivity index (χ1n) is 3.09. The van der Waals surface area contributed by atoms with Gasteiger partial charge in [-0.25, -0.2) is 0 Å². The van der Waals surface area contributed by atoms with Gasteiger partial charge in [0.25, 0.3) is 0 Å². The first-order chi connectivity index (χ1) is 5.65. The van der Waals surface area contributed by atoms with Crippen molar-refractivity contribution in [1.29, 1.82) is 0 Å². The molecule has 1 rings (SSSR count). The molecule has 5 heteroatoms. The maximum absolute atomic E-state index is 10.8. The Balaban J connectivity index is 0.00000144. The van der Waals surface area contributed by atoms with E-state index in [1.54, 1.807) is 0 Å². The molecule has 0 amide bonds. The molecule has 0 aromatic heterocycles. The molecule has 0 aliphatic heterocycles. The van der Waals surface area contributed by atoms with Gasteiger partial charge >= 0.3 is 29.6 Å². The summed E-state index contributed by atoms with van der Waals surface area (Å²) in [5.41, 5.74) is 0.249. The summed E-state index contributed by atoms with van der Waals surface area (Å²) in [4.78, 5) is 20.9. The fraction of sp³-hybridized carbons (Fsp3) is 0. The number of hydrogen-bond acceptors (Lipinski definition) is 2. The minimum atomic E-state index is -0.603. The zero-order valence-corrected chi connectivity index (χ0v) is 7.39. The Hall–Kier alpha value is 0.140. The molecule has 0 N–H and O–H groups in total. The van der Waals surface area contributed by atoms with Crippen LogP contribution in [-0.4, -0.2) is 41.6 Å². The second-order valence-corrected chi connectivity index (χ2v) is 2.93. The molecule has 0 aliphatic carbocycles. The number of aldehydes is 1. The van der Waals surface area contributed by atoms with E-state index >= 15 is 0 Å². The van der Waals surface area contributed by atoms with E-state index < -0.39 is 5.78 Å². The molecule has 0 fully saturated rings. The third kappa shape index (κ3) is 3.41. The Morgan fingerprint density at radius 3 is 2.31 bits per heavy atom. The van der Waals surface area contributed by atoms with Crippen molar-refractivity contribution in [2.45, 2.75) is 0 Å². The average molecular weight is 227 g/mol. The van der Waals surface area contributed by atoms with Crippen molar-refractivity contribution < 1.29 is 9.59 Å². The van der Waals surface area contributed by atoms with E-state index in [4.69, 9.17) is 23.2 Å². The number of carbonyl (C=O) groups is 2. The number of halogens is 2. The summed E-state index contributed by atoms with van der Waals surface area (Å²) in [6, 6.07) is 4.28. The van der Waals surface area contributed by atoms with Gasteiger partial charge in [0.2, 0.25) is 5.78 Å². The number of ketones is 1. The van der Waals surface area contributed by atoms with Gasteiger partial charge < -0.3 is 0 Å². The van der Waals surface area contributed by atoms with Crippen molar-refractivity contribution in [1.82, 2.24) is 0 Å². The third-order valence-electron chi connectivity index (χ3n) is 1.31. The fourth-order valence-electron chi connectivity index (χ4n) is 0.717. The summed E-state index contributed by atoms with van der Waals surface area (Å²) in [5, 5.41) is 0.628. The van der Waals surface area contributed by atoms with E-state index in [2.05, 4.69) is 0 Å². The van der Waals surface area contributed by atoms with Gasteiger partial charge in [0.05, 0.1) is 10.0 Å². The predicted molar refractivity (Wildman–Crippen MR) is 54.0 cm³/mol. The van der Waals surface area contributed by atoms with Crippen molar-refractivity contribution in [3.05, 3.63) is 33.8 Å². The van der Waals surface area contributed by atoms with E-state index in [9.17, 15) is 9.59 Å². The second-order valence-electron chi connectivity index (χ2n) is 2.11. The molecule has 0 radical (unpaired) electrons. The summed E-state index contributed by atoms with van der Waals surface area (Å²) in [6.07, 6.45) is 0.236. The first-order valence-corrected chi connectivity index (χ1v) is 3.85. The molecule has 0 saturated carbocycles. The van der Waals surface area contributed by atoms with Crippen LogP contribution in [0.2, 0.25) is 10.0 Å². The van der Waals surface area contributed by atoms with Gasteiger partial charge in [0.1, 0.15) is 0 Å². The molecule has 0 saturated heterocycles. The number of benzene rings is 1. The van der Waals surface area contributed by atoms with Gasteiger partial charge in [-0.05, 0) is 18.2 Å². The summed E-state index contributed by atoms with van der Waals surface area (Å²) < 4.78 is 0. The van der Waals surface area contributed by atoms with Crippen LogP contribution in [0, 0.1) is 0 Å². The van der Waals surface area contributed by atoms with Gasteiger partial charge in [-0.3, -0.25) is 9.59 Å². The zero-order chi connectivity index (χ0) is 9.14. The Bertz CT molecular complexity index is 339. The van der Waals surface area contributed by atoms with E-state index in [1.165, 1.54) is 18.2 Å². The molecule has 1 aromatic rings. The quantitative estimate of drug-likeness (QED) is 0.333. The Kier molecular flexibility index (Phi) is 5.85. The second kappa shape index (κ2) is 5.78. The van der Waals surface area contributed by atoms with Crippen molar-refractivity contribution in [2.75, 3.05) is 0 Å². The maximum atomic E-state index is 10.8. The first kappa shape index (κ1) is 13.1. The topological polar surface area (TPSA) is 34.1 Å². The minimum absolute atomic E-state index is 0. The summed E-state index contributed by atoms with van der Waals surface area (Å²) in [7, 11) is 0. The van der Waals surface area contributed by atoms with Crippen LogP contribution in [0.5, 0.6) is 0 Å². The van der Waals surface area contributed by atoms with E-state index in [1.807, 2.05) is 0 Å². The molecule has 0 aliphatic rings. The van der Waals surface area contributed by atoms with Gasteiger partial charge in [0.15, 0.2) is 6.29 Å². The Morgan fingerprint density at radius 1 is 1.23 bits per heavy atom. The van der Waals surface area contributed by atoms with Crippen molar-refractivity contribution in [2.24, 2.45) is 0 Å². The monoisotopic (exact) mass is 226 g/mol. The van der Waals surface area contributed by atoms with Crippen LogP contribution in [0.15, 0.2) is 18.2 Å². The van der Waals surface area contributed by atoms with Crippen molar-refractivity contribution in [3.8, 4) is 0 Å². The molecule has 64 valence electrons. The van der Waals surface area contributed by atoms with Gasteiger partial charge in [-0.1, -0.05) is 23.2 Å². The molecule has 0 heterocycles. The van der Waals surface area contributed by atoms with E-state index in [0.717, 1.165) is 0 Å². The van der Waals surface area contributed by atoms with Crippen LogP contribution >= 0.6 is 23.2 Å². The van der Waals surface area contributed by atoms with Crippen LogP contribution in [0.3, 0.4) is 0 Å². The predicted octanol–water partition coefficient (Wildman–Crippen LogP) is 1.73. The van der Waals surface area contributed by atoms with Crippen LogP contribution in [0.4, 0.5) is 0 Å². The standard InChI is InChI=1S/C8H4Cl2O2.Na.H/c9-6-2-1-5(3-7(6)10)8(12)4-11;;/h1-4H;;. The van der Waals surface area contributed by atoms with Crippen molar-refractivity contribution in [3.63, 3.8) is 0 Å². The Labute approximate surface area is 108 Å². The molecular weight excluding hydrogens is 222 g/mol. The summed E-state index contributed by atoms with van der Waals surface area (Å²) >= 11 is 11.2. The van der Waals surface area contributed by atoms with Crippen LogP contribution < -0.4 is 0 Å². The summed E-state index contributed by atoms with van der Waals surface area (Å²) in [6.45, 7) is 0. The fourth-order valence-corrected chi connectivity index (χ4v) is 1.02. The molecule has 0 bridgehead atoms. The van der Waals surface area contributed by atoms with Crippen LogP contribution in [-0.2, 0) is 4.79 Å². The molecule has 0 unspecified atom stereocenters. The Morgan fingerprint density at radius 2 is 1.85 bits per heavy atom. The SMILES string of the molecule is O=CC(=O)c1ccc(Cl)c(Cl)c1.[NaH]. The molecule has 1 aromatic carbocycles. The van der Waals surface area contributed by atoms with Crippen LogP contribution in [0.25, 0.3) is 0 Å². The molecule has 2 nitrogen and oxygen atoms in total. The zero-order valence-electron chi connectivity index (χ0n) is 5.88. The molecular formula is C8H5Cl2NaO2. The number of hydrogen-bond donors (Lipinski definition) is 0. The molecule has 13 heavy (non-hydrogen) atoms. The number of Topliss-reactive ketones (excluding diaryl/α,β-unsaturated/α-hetero) is 1. The van der Waals surface area contributed by atoms with E-state index in [0.29, 0.717) is 5.02 Å².